The van der Waals surface area contributed by atoms with E-state index in [2.05, 4.69) is 9.71 Å². The number of rotatable bonds is 5. The summed E-state index contributed by atoms with van der Waals surface area (Å²) in [5.74, 6) is -0.459. The lowest BCUT2D eigenvalue weighted by molar-refractivity contribution is 0.572. The van der Waals surface area contributed by atoms with Gasteiger partial charge in [0.15, 0.2) is 0 Å². The van der Waals surface area contributed by atoms with Crippen LogP contribution in [0.2, 0.25) is 5.02 Å². The van der Waals surface area contributed by atoms with Crippen LogP contribution in [-0.2, 0) is 16.6 Å². The number of nitrogens with one attached hydrogen (secondary N) is 2. The highest BCUT2D eigenvalue weighted by molar-refractivity contribution is 7.89. The number of fused-ring (bicyclic) bond motifs is 1. The number of benzene rings is 2. The molecule has 0 aliphatic heterocycles. The smallest absolute Gasteiger partial charge is 0.305 e. The first-order chi connectivity index (χ1) is 11.8. The molecule has 1 heterocycles. The fourth-order valence-electron chi connectivity index (χ4n) is 2.52. The maximum atomic E-state index is 13.2. The highest BCUT2D eigenvalue weighted by atomic mass is 35.5. The maximum absolute atomic E-state index is 13.2. The van der Waals surface area contributed by atoms with Gasteiger partial charge in [-0.15, -0.1) is 0 Å². The Hall–Kier alpha value is -2.16. The summed E-state index contributed by atoms with van der Waals surface area (Å²) in [5, 5.41) is 0.483. The SMILES string of the molecule is Cc1cc(S(=O)(=O)NCCn2c(=O)[nH]c3cc(F)ccc32)ccc1Cl. The molecule has 6 nitrogen and oxygen atoms in total. The first-order valence-corrected chi connectivity index (χ1v) is 9.28. The highest BCUT2D eigenvalue weighted by Gasteiger charge is 2.15. The minimum Gasteiger partial charge on any atom is -0.305 e. The Bertz CT molecular complexity index is 1110. The molecule has 3 rings (SSSR count). The maximum Gasteiger partial charge on any atom is 0.326 e. The number of aryl methyl sites for hydroxylation is 1. The first kappa shape index (κ1) is 17.7. The number of sulfonamides is 1. The molecule has 0 unspecified atom stereocenters. The van der Waals surface area contributed by atoms with E-state index in [0.717, 1.165) is 0 Å². The summed E-state index contributed by atoms with van der Waals surface area (Å²) in [6, 6.07) is 8.34. The molecule has 25 heavy (non-hydrogen) atoms. The summed E-state index contributed by atoms with van der Waals surface area (Å²) < 4.78 is 41.6. The molecule has 1 aromatic heterocycles. The van der Waals surface area contributed by atoms with E-state index in [9.17, 15) is 17.6 Å². The molecule has 2 N–H and O–H groups in total. The van der Waals surface area contributed by atoms with Gasteiger partial charge in [-0.05, 0) is 48.9 Å². The minimum absolute atomic E-state index is 0.00818. The van der Waals surface area contributed by atoms with Gasteiger partial charge in [0.25, 0.3) is 0 Å². The van der Waals surface area contributed by atoms with Crippen LogP contribution in [0, 0.1) is 12.7 Å². The van der Waals surface area contributed by atoms with Gasteiger partial charge in [-0.25, -0.2) is 22.3 Å². The summed E-state index contributed by atoms with van der Waals surface area (Å²) in [6.07, 6.45) is 0. The van der Waals surface area contributed by atoms with Crippen molar-refractivity contribution in [3.8, 4) is 0 Å². The van der Waals surface area contributed by atoms with Gasteiger partial charge in [0.2, 0.25) is 10.0 Å². The fraction of sp³-hybridized carbons (Fsp3) is 0.188. The molecule has 0 atom stereocenters. The predicted octanol–water partition coefficient (Wildman–Crippen LogP) is 2.41. The van der Waals surface area contributed by atoms with Crippen LogP contribution in [0.5, 0.6) is 0 Å². The van der Waals surface area contributed by atoms with Gasteiger partial charge in [-0.3, -0.25) is 4.57 Å². The highest BCUT2D eigenvalue weighted by Crippen LogP contribution is 2.19. The Kier molecular flexibility index (Phi) is 4.68. The Balaban J connectivity index is 1.77. The van der Waals surface area contributed by atoms with Crippen molar-refractivity contribution in [1.82, 2.24) is 14.3 Å². The van der Waals surface area contributed by atoms with E-state index in [4.69, 9.17) is 11.6 Å². The first-order valence-electron chi connectivity index (χ1n) is 7.42. The van der Waals surface area contributed by atoms with Crippen molar-refractivity contribution in [1.29, 1.82) is 0 Å². The molecule has 2 aromatic carbocycles. The molecule has 0 bridgehead atoms. The summed E-state index contributed by atoms with van der Waals surface area (Å²) >= 11 is 5.90. The topological polar surface area (TPSA) is 84.0 Å². The number of aromatic amines is 1. The van der Waals surface area contributed by atoms with E-state index < -0.39 is 21.5 Å². The number of hydrogen-bond acceptors (Lipinski definition) is 3. The Morgan fingerprint density at radius 2 is 2.00 bits per heavy atom. The number of nitrogens with zero attached hydrogens (tertiary/aromatic N) is 1. The van der Waals surface area contributed by atoms with Crippen molar-refractivity contribution in [2.75, 3.05) is 6.54 Å². The number of halogens is 2. The van der Waals surface area contributed by atoms with Crippen molar-refractivity contribution in [2.45, 2.75) is 18.4 Å². The van der Waals surface area contributed by atoms with Crippen LogP contribution in [0.1, 0.15) is 5.56 Å². The van der Waals surface area contributed by atoms with Gasteiger partial charge < -0.3 is 4.98 Å². The summed E-state index contributed by atoms with van der Waals surface area (Å²) in [6.45, 7) is 1.83. The molecule has 132 valence electrons. The van der Waals surface area contributed by atoms with Crippen LogP contribution < -0.4 is 10.4 Å². The quantitative estimate of drug-likeness (QED) is 0.709. The standard InChI is InChI=1S/C16H15ClFN3O3S/c1-10-8-12(3-4-13(10)17)25(23,24)19-6-7-21-15-5-2-11(18)9-14(15)20-16(21)22/h2-5,8-9,19H,6-7H2,1H3,(H,20,22). The number of H-pyrrole nitrogens is 1. The molecule has 0 fully saturated rings. The zero-order valence-corrected chi connectivity index (χ0v) is 14.8. The van der Waals surface area contributed by atoms with Crippen LogP contribution in [0.15, 0.2) is 46.1 Å². The molecule has 0 saturated heterocycles. The average molecular weight is 384 g/mol. The monoisotopic (exact) mass is 383 g/mol. The minimum atomic E-state index is -3.72. The van der Waals surface area contributed by atoms with E-state index in [-0.39, 0.29) is 18.0 Å². The third-order valence-corrected chi connectivity index (χ3v) is 5.69. The average Bonchev–Trinajstić information content (AvgIpc) is 2.84. The summed E-state index contributed by atoms with van der Waals surface area (Å²) in [7, 11) is -3.72. The summed E-state index contributed by atoms with van der Waals surface area (Å²) in [4.78, 5) is 14.6. The molecule has 0 amide bonds. The lowest BCUT2D eigenvalue weighted by Gasteiger charge is -2.09. The molecule has 3 aromatic rings. The Morgan fingerprint density at radius 3 is 2.72 bits per heavy atom. The van der Waals surface area contributed by atoms with Crippen LogP contribution in [0.25, 0.3) is 11.0 Å². The van der Waals surface area contributed by atoms with Crippen LogP contribution in [0.3, 0.4) is 0 Å². The van der Waals surface area contributed by atoms with Crippen LogP contribution in [-0.4, -0.2) is 24.5 Å². The molecule has 0 aliphatic rings. The lowest BCUT2D eigenvalue weighted by Crippen LogP contribution is -2.30. The van der Waals surface area contributed by atoms with Crippen molar-refractivity contribution < 1.29 is 12.8 Å². The van der Waals surface area contributed by atoms with Gasteiger partial charge in [0, 0.05) is 18.1 Å². The second-order valence-electron chi connectivity index (χ2n) is 5.55. The number of hydrogen-bond donors (Lipinski definition) is 2. The number of aromatic nitrogens is 2. The lowest BCUT2D eigenvalue weighted by atomic mass is 10.2. The van der Waals surface area contributed by atoms with Gasteiger partial charge in [-0.2, -0.15) is 0 Å². The van der Waals surface area contributed by atoms with E-state index >= 15 is 0 Å². The summed E-state index contributed by atoms with van der Waals surface area (Å²) in [5.41, 5.74) is 1.09. The molecule has 9 heteroatoms. The second kappa shape index (κ2) is 6.62. The molecule has 0 aliphatic carbocycles. The fourth-order valence-corrected chi connectivity index (χ4v) is 3.74. The second-order valence-corrected chi connectivity index (χ2v) is 7.73. The Labute approximate surface area is 148 Å². The molecule has 0 saturated carbocycles. The van der Waals surface area contributed by atoms with E-state index in [1.165, 1.54) is 41.0 Å². The Morgan fingerprint density at radius 1 is 1.24 bits per heavy atom. The normalized spacial score (nSPS) is 12.0. The molecule has 0 spiro atoms. The van der Waals surface area contributed by atoms with Crippen molar-refractivity contribution in [2.24, 2.45) is 0 Å². The van der Waals surface area contributed by atoms with Crippen LogP contribution >= 0.6 is 11.6 Å². The van der Waals surface area contributed by atoms with Crippen molar-refractivity contribution in [3.63, 3.8) is 0 Å². The molecule has 0 radical (unpaired) electrons. The van der Waals surface area contributed by atoms with Gasteiger partial charge >= 0.3 is 5.69 Å². The van der Waals surface area contributed by atoms with Gasteiger partial charge in [0.05, 0.1) is 15.9 Å². The predicted molar refractivity (Wildman–Crippen MR) is 93.9 cm³/mol. The third kappa shape index (κ3) is 3.60. The molecular weight excluding hydrogens is 369 g/mol. The van der Waals surface area contributed by atoms with Gasteiger partial charge in [0.1, 0.15) is 5.82 Å². The van der Waals surface area contributed by atoms with Gasteiger partial charge in [-0.1, -0.05) is 11.6 Å². The largest absolute Gasteiger partial charge is 0.326 e. The van der Waals surface area contributed by atoms with Crippen molar-refractivity contribution >= 4 is 32.7 Å². The zero-order valence-electron chi connectivity index (χ0n) is 13.2. The van der Waals surface area contributed by atoms with E-state index in [0.29, 0.717) is 21.6 Å². The molecular formula is C16H15ClFN3O3S. The zero-order chi connectivity index (χ0) is 18.2. The van der Waals surface area contributed by atoms with E-state index in [1.807, 2.05) is 0 Å². The van der Waals surface area contributed by atoms with E-state index in [1.54, 1.807) is 6.92 Å². The third-order valence-electron chi connectivity index (χ3n) is 3.80. The number of imidazole rings is 1. The van der Waals surface area contributed by atoms with Crippen LogP contribution in [0.4, 0.5) is 4.39 Å². The van der Waals surface area contributed by atoms with Crippen molar-refractivity contribution in [3.05, 3.63) is 63.3 Å².